The Hall–Kier alpha value is -1.60. The maximum atomic E-state index is 14.2. The lowest BCUT2D eigenvalue weighted by Crippen LogP contribution is -2.49. The van der Waals surface area contributed by atoms with E-state index in [1.54, 1.807) is 32.2 Å². The monoisotopic (exact) mass is 313 g/mol. The van der Waals surface area contributed by atoms with Crippen molar-refractivity contribution in [3.8, 4) is 0 Å². The highest BCUT2D eigenvalue weighted by molar-refractivity contribution is 7.89. The smallest absolute Gasteiger partial charge is 0.236 e. The second-order valence-corrected chi connectivity index (χ2v) is 7.34. The Kier molecular flexibility index (Phi) is 4.25. The van der Waals surface area contributed by atoms with Crippen molar-refractivity contribution < 1.29 is 12.8 Å². The van der Waals surface area contributed by atoms with Crippen LogP contribution >= 0.6 is 0 Å². The molecule has 1 atom stereocenters. The zero-order chi connectivity index (χ0) is 15.7. The minimum Gasteiger partial charge on any atom is -0.388 e. The first-order valence-electron chi connectivity index (χ1n) is 6.64. The molecule has 0 saturated carbocycles. The van der Waals surface area contributed by atoms with Crippen LogP contribution < -0.4 is 10.6 Å². The summed E-state index contributed by atoms with van der Waals surface area (Å²) < 4.78 is 40.0. The molecule has 1 aliphatic heterocycles. The third kappa shape index (κ3) is 3.19. The predicted octanol–water partition coefficient (Wildman–Crippen LogP) is 1.46. The normalized spacial score (nSPS) is 25.2. The highest BCUT2D eigenvalue weighted by Gasteiger charge is 2.36. The molecule has 5 nitrogen and oxygen atoms in total. The van der Waals surface area contributed by atoms with Gasteiger partial charge in [-0.3, -0.25) is 4.31 Å². The number of benzene rings is 1. The lowest BCUT2D eigenvalue weighted by molar-refractivity contribution is 0.391. The SMILES string of the molecule is CNc1ccc(F)c(C2(C)CS(=O)(=O)N(C)C=CCN2)c1. The lowest BCUT2D eigenvalue weighted by Gasteiger charge is -2.34. The quantitative estimate of drug-likeness (QED) is 0.868. The molecule has 1 heterocycles. The molecule has 116 valence electrons. The fourth-order valence-corrected chi connectivity index (χ4v) is 3.83. The average Bonchev–Trinajstić information content (AvgIpc) is 2.42. The minimum absolute atomic E-state index is 0.217. The summed E-state index contributed by atoms with van der Waals surface area (Å²) in [5.41, 5.74) is 0.0637. The van der Waals surface area contributed by atoms with E-state index in [0.29, 0.717) is 12.1 Å². The van der Waals surface area contributed by atoms with Crippen molar-refractivity contribution in [3.63, 3.8) is 0 Å². The molecule has 21 heavy (non-hydrogen) atoms. The van der Waals surface area contributed by atoms with Gasteiger partial charge in [-0.15, -0.1) is 0 Å². The van der Waals surface area contributed by atoms with Crippen LogP contribution in [0.25, 0.3) is 0 Å². The first-order chi connectivity index (χ1) is 9.78. The molecular formula is C14H20FN3O2S. The third-order valence-corrected chi connectivity index (χ3v) is 5.63. The Bertz CT molecular complexity index is 660. The van der Waals surface area contributed by atoms with Gasteiger partial charge in [0.15, 0.2) is 0 Å². The Morgan fingerprint density at radius 1 is 1.43 bits per heavy atom. The van der Waals surface area contributed by atoms with Crippen molar-refractivity contribution in [2.45, 2.75) is 12.5 Å². The van der Waals surface area contributed by atoms with Crippen molar-refractivity contribution in [1.29, 1.82) is 0 Å². The summed E-state index contributed by atoms with van der Waals surface area (Å²) in [4.78, 5) is 0. The molecule has 0 spiro atoms. The van der Waals surface area contributed by atoms with Crippen LogP contribution in [0, 0.1) is 5.82 Å². The molecule has 0 amide bonds. The molecule has 2 N–H and O–H groups in total. The number of rotatable bonds is 2. The zero-order valence-corrected chi connectivity index (χ0v) is 13.2. The van der Waals surface area contributed by atoms with E-state index in [0.717, 1.165) is 5.69 Å². The van der Waals surface area contributed by atoms with E-state index >= 15 is 0 Å². The maximum Gasteiger partial charge on any atom is 0.236 e. The summed E-state index contributed by atoms with van der Waals surface area (Å²) in [6, 6.07) is 4.61. The fraction of sp³-hybridized carbons (Fsp3) is 0.429. The molecule has 1 aromatic rings. The fourth-order valence-electron chi connectivity index (χ4n) is 2.37. The molecular weight excluding hydrogens is 293 g/mol. The summed E-state index contributed by atoms with van der Waals surface area (Å²) in [5, 5.41) is 6.06. The summed E-state index contributed by atoms with van der Waals surface area (Å²) in [5.74, 6) is -0.642. The Morgan fingerprint density at radius 3 is 2.81 bits per heavy atom. The Morgan fingerprint density at radius 2 is 2.14 bits per heavy atom. The van der Waals surface area contributed by atoms with E-state index < -0.39 is 21.4 Å². The van der Waals surface area contributed by atoms with Gasteiger partial charge in [0.1, 0.15) is 5.82 Å². The number of nitrogens with zero attached hydrogens (tertiary/aromatic N) is 1. The molecule has 0 fully saturated rings. The predicted molar refractivity (Wildman–Crippen MR) is 82.0 cm³/mol. The first-order valence-corrected chi connectivity index (χ1v) is 8.24. The van der Waals surface area contributed by atoms with Gasteiger partial charge in [0.05, 0.1) is 11.3 Å². The molecule has 0 radical (unpaired) electrons. The van der Waals surface area contributed by atoms with Crippen molar-refractivity contribution in [2.24, 2.45) is 0 Å². The van der Waals surface area contributed by atoms with Gasteiger partial charge in [-0.2, -0.15) is 0 Å². The van der Waals surface area contributed by atoms with Crippen LogP contribution in [0.2, 0.25) is 0 Å². The largest absolute Gasteiger partial charge is 0.388 e. The molecule has 0 saturated heterocycles. The van der Waals surface area contributed by atoms with Gasteiger partial charge in [-0.25, -0.2) is 12.8 Å². The molecule has 7 heteroatoms. The van der Waals surface area contributed by atoms with Crippen molar-refractivity contribution in [2.75, 3.05) is 31.7 Å². The van der Waals surface area contributed by atoms with Gasteiger partial charge in [0, 0.05) is 38.1 Å². The van der Waals surface area contributed by atoms with Crippen molar-refractivity contribution >= 4 is 15.7 Å². The second kappa shape index (κ2) is 5.65. The summed E-state index contributed by atoms with van der Waals surface area (Å²) in [6.07, 6.45) is 3.21. The van der Waals surface area contributed by atoms with E-state index in [1.165, 1.54) is 23.6 Å². The van der Waals surface area contributed by atoms with Gasteiger partial charge in [0.2, 0.25) is 10.0 Å². The number of nitrogens with one attached hydrogen (secondary N) is 2. The van der Waals surface area contributed by atoms with Crippen LogP contribution in [-0.2, 0) is 15.6 Å². The van der Waals surface area contributed by atoms with Gasteiger partial charge in [0.25, 0.3) is 0 Å². The van der Waals surface area contributed by atoms with Crippen LogP contribution in [0.15, 0.2) is 30.5 Å². The zero-order valence-electron chi connectivity index (χ0n) is 12.4. The molecule has 1 aliphatic rings. The van der Waals surface area contributed by atoms with Crippen LogP contribution in [-0.4, -0.2) is 39.1 Å². The number of halogens is 1. The third-order valence-electron chi connectivity index (χ3n) is 3.68. The van der Waals surface area contributed by atoms with E-state index in [2.05, 4.69) is 10.6 Å². The van der Waals surface area contributed by atoms with Crippen LogP contribution in [0.1, 0.15) is 12.5 Å². The van der Waals surface area contributed by atoms with Crippen LogP contribution in [0.4, 0.5) is 10.1 Å². The van der Waals surface area contributed by atoms with E-state index in [1.807, 2.05) is 0 Å². The topological polar surface area (TPSA) is 61.4 Å². The van der Waals surface area contributed by atoms with Gasteiger partial charge >= 0.3 is 0 Å². The second-order valence-electron chi connectivity index (χ2n) is 5.31. The van der Waals surface area contributed by atoms with E-state index in [9.17, 15) is 12.8 Å². The highest BCUT2D eigenvalue weighted by Crippen LogP contribution is 2.29. The molecule has 0 aromatic heterocycles. The molecule has 1 aromatic carbocycles. The van der Waals surface area contributed by atoms with Crippen molar-refractivity contribution in [1.82, 2.24) is 9.62 Å². The Labute approximate surface area is 124 Å². The van der Waals surface area contributed by atoms with Crippen LogP contribution in [0.5, 0.6) is 0 Å². The average molecular weight is 313 g/mol. The molecule has 0 bridgehead atoms. The lowest BCUT2D eigenvalue weighted by atomic mass is 9.92. The molecule has 2 rings (SSSR count). The van der Waals surface area contributed by atoms with Gasteiger partial charge in [-0.05, 0) is 25.1 Å². The number of hydrogen-bond donors (Lipinski definition) is 2. The van der Waals surface area contributed by atoms with Gasteiger partial charge in [-0.1, -0.05) is 6.08 Å². The number of hydrogen-bond acceptors (Lipinski definition) is 4. The standard InChI is InChI=1S/C14H20FN3O2S/c1-14(12-9-11(16-2)5-6-13(12)15)10-21(19,20)18(3)8-4-7-17-14/h4-6,8-9,16-17H,7,10H2,1-3H3. The maximum absolute atomic E-state index is 14.2. The summed E-state index contributed by atoms with van der Waals surface area (Å²) in [6.45, 7) is 2.16. The van der Waals surface area contributed by atoms with E-state index in [4.69, 9.17) is 0 Å². The minimum atomic E-state index is -3.52. The highest BCUT2D eigenvalue weighted by atomic mass is 32.2. The van der Waals surface area contributed by atoms with Crippen LogP contribution in [0.3, 0.4) is 0 Å². The first kappa shape index (κ1) is 15.8. The summed E-state index contributed by atoms with van der Waals surface area (Å²) in [7, 11) is -0.298. The van der Waals surface area contributed by atoms with E-state index in [-0.39, 0.29) is 5.75 Å². The number of sulfonamides is 1. The Balaban J connectivity index is 2.52. The number of anilines is 1. The van der Waals surface area contributed by atoms with Crippen molar-refractivity contribution in [3.05, 3.63) is 41.9 Å². The molecule has 1 unspecified atom stereocenters. The van der Waals surface area contributed by atoms with Gasteiger partial charge < -0.3 is 10.6 Å². The molecule has 0 aliphatic carbocycles. The summed E-state index contributed by atoms with van der Waals surface area (Å²) >= 11 is 0.